The van der Waals surface area contributed by atoms with Crippen LogP contribution in [0.15, 0.2) is 87.3 Å². The van der Waals surface area contributed by atoms with Gasteiger partial charge in [-0.05, 0) is 105 Å². The van der Waals surface area contributed by atoms with Crippen molar-refractivity contribution in [2.75, 3.05) is 49.6 Å². The third kappa shape index (κ3) is 8.66. The lowest BCUT2D eigenvalue weighted by atomic mass is 9.73. The highest BCUT2D eigenvalue weighted by Crippen LogP contribution is 2.50. The van der Waals surface area contributed by atoms with E-state index in [0.29, 0.717) is 41.8 Å². The number of hydrogen-bond donors (Lipinski definition) is 2. The number of non-ortho nitro benzene ring substituents is 2. The number of nitrogens with one attached hydrogen (secondary N) is 1. The maximum Gasteiger partial charge on any atom is 0.271 e. The summed E-state index contributed by atoms with van der Waals surface area (Å²) in [5.74, 6) is -0.840. The molecule has 9 rings (SSSR count). The van der Waals surface area contributed by atoms with Crippen molar-refractivity contribution in [2.24, 2.45) is 4.99 Å². The van der Waals surface area contributed by atoms with Gasteiger partial charge in [0.05, 0.1) is 55.7 Å². The molecule has 0 aromatic heterocycles. The van der Waals surface area contributed by atoms with Crippen molar-refractivity contribution in [3.63, 3.8) is 0 Å². The molecule has 16 nitrogen and oxygen atoms in total. The molecule has 2 aliphatic carbocycles. The zero-order chi connectivity index (χ0) is 46.2. The number of anilines is 2. The van der Waals surface area contributed by atoms with E-state index >= 15 is 0 Å². The topological polar surface area (TPSA) is 207 Å². The van der Waals surface area contributed by atoms with E-state index in [9.17, 15) is 39.7 Å². The monoisotopic (exact) mass is 936 g/mol. The highest BCUT2D eigenvalue weighted by molar-refractivity contribution is 6.43. The molecule has 18 heteroatoms. The van der Waals surface area contributed by atoms with Gasteiger partial charge >= 0.3 is 0 Å². The lowest BCUT2D eigenvalue weighted by Crippen LogP contribution is -2.38. The fourth-order valence-corrected chi connectivity index (χ4v) is 10.4. The highest BCUT2D eigenvalue weighted by atomic mass is 35.5. The number of ketones is 1. The average Bonchev–Trinajstić information content (AvgIpc) is 3.30. The SMILES string of the molecule is O=C(CCCOc1ccc([N+](=O)[O-])cc1Cl)N=C1C2=C3C(=C/C1=C1/C(=O)C(c4cc5c6c(c4NC(=O)CCCOc4ccc([N+](=O)[O-])cc4Cl)CCCN6CCC5)=C1O)CCCN3CCC2. The summed E-state index contributed by atoms with van der Waals surface area (Å²) in [5.41, 5.74) is 7.60. The number of rotatable bonds is 14. The number of aliphatic hydroxyl groups is 1. The second-order valence-corrected chi connectivity index (χ2v) is 17.9. The molecule has 342 valence electrons. The standard InChI is InChI=1S/C48H46Cl2N6O10/c49-35-25-29(55(61)62)13-15-37(35)65-21-5-11-39(57)51-43-31-9-3-19-53-17-1-7-27(45(31)53)23-33(43)41-47(59)42(48(41)60)34-24-28-8-2-18-54-20-4-10-32(46(28)54)44(34)52-40(58)12-6-22-66-38-16-14-30(56(63)64)26-36(38)50/h13-16,23-26,59H,1-12,17-22H2,(H,51,57)/b42-34-,52-44?. The summed E-state index contributed by atoms with van der Waals surface area (Å²) in [4.78, 5) is 72.6. The number of nitrogens with zero attached hydrogens (tertiary/aromatic N) is 5. The predicted molar refractivity (Wildman–Crippen MR) is 249 cm³/mol. The van der Waals surface area contributed by atoms with E-state index in [1.807, 2.05) is 12.1 Å². The number of hydrogen-bond acceptors (Lipinski definition) is 12. The number of aryl methyl sites for hydroxylation is 1. The second-order valence-electron chi connectivity index (χ2n) is 17.1. The number of amides is 2. The van der Waals surface area contributed by atoms with Crippen molar-refractivity contribution >= 4 is 74.8 Å². The summed E-state index contributed by atoms with van der Waals surface area (Å²) in [7, 11) is 0. The van der Waals surface area contributed by atoms with Crippen LogP contribution in [0.3, 0.4) is 0 Å². The van der Waals surface area contributed by atoms with Gasteiger partial charge in [0.15, 0.2) is 0 Å². The van der Waals surface area contributed by atoms with Gasteiger partial charge in [0.25, 0.3) is 11.4 Å². The maximum atomic E-state index is 14.8. The third-order valence-corrected chi connectivity index (χ3v) is 13.4. The number of benzene rings is 3. The predicted octanol–water partition coefficient (Wildman–Crippen LogP) is 9.37. The molecule has 2 amide bonds. The molecule has 1 saturated heterocycles. The molecule has 66 heavy (non-hydrogen) atoms. The van der Waals surface area contributed by atoms with Crippen LogP contribution in [0, 0.1) is 20.2 Å². The van der Waals surface area contributed by atoms with Gasteiger partial charge in [-0.25, -0.2) is 4.99 Å². The number of nitro groups is 2. The Morgan fingerprint density at radius 2 is 1.39 bits per heavy atom. The molecule has 0 radical (unpaired) electrons. The molecule has 0 spiro atoms. The van der Waals surface area contributed by atoms with Crippen molar-refractivity contribution < 1.29 is 38.8 Å². The maximum absolute atomic E-state index is 14.8. The Bertz CT molecular complexity index is 2770. The minimum Gasteiger partial charge on any atom is -0.506 e. The number of Topliss-reactive ketones (excluding diaryl/α,β-unsaturated/α-hetero) is 1. The average molecular weight is 938 g/mol. The molecule has 4 aliphatic heterocycles. The minimum atomic E-state index is -0.550. The van der Waals surface area contributed by atoms with Crippen molar-refractivity contribution in [1.82, 2.24) is 4.90 Å². The first kappa shape index (κ1) is 44.7. The van der Waals surface area contributed by atoms with Crippen LogP contribution in [0.4, 0.5) is 22.7 Å². The Balaban J connectivity index is 1.00. The lowest BCUT2D eigenvalue weighted by Gasteiger charge is -2.42. The second kappa shape index (κ2) is 18.8. The molecule has 3 aromatic rings. The van der Waals surface area contributed by atoms with Crippen LogP contribution < -0.4 is 19.7 Å². The van der Waals surface area contributed by atoms with Crippen LogP contribution in [0.1, 0.15) is 80.9 Å². The summed E-state index contributed by atoms with van der Waals surface area (Å²) < 4.78 is 11.5. The van der Waals surface area contributed by atoms with Crippen molar-refractivity contribution in [2.45, 2.75) is 77.0 Å². The Hall–Kier alpha value is -6.52. The zero-order valence-corrected chi connectivity index (χ0v) is 37.5. The number of halogens is 2. The Morgan fingerprint density at radius 3 is 2.03 bits per heavy atom. The molecule has 4 heterocycles. The van der Waals surface area contributed by atoms with Gasteiger partial charge in [-0.2, -0.15) is 0 Å². The summed E-state index contributed by atoms with van der Waals surface area (Å²) >= 11 is 12.4. The molecular formula is C48H46Cl2N6O10. The first-order valence-electron chi connectivity index (χ1n) is 22.3. The Morgan fingerprint density at radius 1 is 0.788 bits per heavy atom. The Kier molecular flexibility index (Phi) is 12.7. The van der Waals surface area contributed by atoms with E-state index in [2.05, 4.69) is 20.1 Å². The molecule has 6 aliphatic rings. The molecule has 2 N–H and O–H groups in total. The van der Waals surface area contributed by atoms with Gasteiger partial charge < -0.3 is 29.7 Å². The number of piperidine rings is 1. The van der Waals surface area contributed by atoms with E-state index in [-0.39, 0.29) is 88.2 Å². The molecule has 0 atom stereocenters. The first-order chi connectivity index (χ1) is 31.9. The highest BCUT2D eigenvalue weighted by Gasteiger charge is 2.43. The molecule has 0 saturated carbocycles. The number of aliphatic imine (C=N–C) groups is 1. The Labute approximate surface area is 389 Å². The van der Waals surface area contributed by atoms with E-state index in [0.717, 1.165) is 98.4 Å². The number of nitro benzene ring substituents is 2. The summed E-state index contributed by atoms with van der Waals surface area (Å²) in [5, 5.41) is 37.7. The number of aliphatic hydroxyl groups excluding tert-OH is 1. The number of carbonyl (C=O) groups is 3. The summed E-state index contributed by atoms with van der Waals surface area (Å²) in [6.07, 6.45) is 8.96. The van der Waals surface area contributed by atoms with Crippen LogP contribution in [0.25, 0.3) is 5.57 Å². The van der Waals surface area contributed by atoms with Gasteiger partial charge in [0.2, 0.25) is 17.6 Å². The van der Waals surface area contributed by atoms with Crippen molar-refractivity contribution in [3.05, 3.63) is 129 Å². The number of carbonyl (C=O) groups excluding carboxylic acids is 3. The number of ether oxygens (including phenoxy) is 2. The molecule has 0 unspecified atom stereocenters. The third-order valence-electron chi connectivity index (χ3n) is 12.8. The fourth-order valence-electron chi connectivity index (χ4n) is 9.91. The van der Waals surface area contributed by atoms with Gasteiger partial charge in [0, 0.05) is 91.4 Å². The van der Waals surface area contributed by atoms with Crippen LogP contribution in [-0.2, 0) is 27.2 Å². The van der Waals surface area contributed by atoms with Crippen LogP contribution in [0.2, 0.25) is 10.0 Å². The smallest absolute Gasteiger partial charge is 0.271 e. The van der Waals surface area contributed by atoms with Gasteiger partial charge in [-0.3, -0.25) is 34.6 Å². The molecule has 0 bridgehead atoms. The number of allylic oxidation sites excluding steroid dienone is 6. The minimum absolute atomic E-state index is 0.00945. The van der Waals surface area contributed by atoms with Gasteiger partial charge in [-0.1, -0.05) is 23.2 Å². The quantitative estimate of drug-likeness (QED) is 0.0671. The van der Waals surface area contributed by atoms with E-state index in [1.54, 1.807) is 0 Å². The van der Waals surface area contributed by atoms with Crippen molar-refractivity contribution in [1.29, 1.82) is 0 Å². The molecule has 1 fully saturated rings. The van der Waals surface area contributed by atoms with Crippen LogP contribution in [-0.4, -0.2) is 82.6 Å². The lowest BCUT2D eigenvalue weighted by molar-refractivity contribution is -0.385. The van der Waals surface area contributed by atoms with Crippen molar-refractivity contribution in [3.8, 4) is 11.5 Å². The fraction of sp³-hybridized carbons (Fsp3) is 0.375. The van der Waals surface area contributed by atoms with Crippen LogP contribution >= 0.6 is 23.2 Å². The first-order valence-corrected chi connectivity index (χ1v) is 23.0. The van der Waals surface area contributed by atoms with Gasteiger partial charge in [-0.15, -0.1) is 0 Å². The normalized spacial score (nSPS) is 19.2. The molecule has 3 aromatic carbocycles. The van der Waals surface area contributed by atoms with Gasteiger partial charge in [0.1, 0.15) is 17.3 Å². The van der Waals surface area contributed by atoms with E-state index in [1.165, 1.54) is 36.4 Å². The van der Waals surface area contributed by atoms with E-state index < -0.39 is 21.5 Å². The summed E-state index contributed by atoms with van der Waals surface area (Å²) in [6.45, 7) is 3.71. The molecular weight excluding hydrogens is 891 g/mol. The largest absolute Gasteiger partial charge is 0.506 e. The van der Waals surface area contributed by atoms with E-state index in [4.69, 9.17) is 32.7 Å². The zero-order valence-electron chi connectivity index (χ0n) is 36.0. The van der Waals surface area contributed by atoms with Crippen LogP contribution in [0.5, 0.6) is 11.5 Å². The summed E-state index contributed by atoms with van der Waals surface area (Å²) in [6, 6.07) is 9.76.